The van der Waals surface area contributed by atoms with E-state index in [1.54, 1.807) is 0 Å². The largest absolute Gasteiger partial charge is 0.392 e. The van der Waals surface area contributed by atoms with Crippen LogP contribution < -0.4 is 0 Å². The van der Waals surface area contributed by atoms with E-state index < -0.39 is 0 Å². The minimum atomic E-state index is -0.190. The predicted molar refractivity (Wildman–Crippen MR) is 48.5 cm³/mol. The van der Waals surface area contributed by atoms with Gasteiger partial charge in [-0.2, -0.15) is 0 Å². The van der Waals surface area contributed by atoms with Gasteiger partial charge in [0.05, 0.1) is 15.6 Å². The molecule has 0 aromatic carbocycles. The third kappa shape index (κ3) is 1.62. The van der Waals surface area contributed by atoms with Crippen molar-refractivity contribution in [3.63, 3.8) is 0 Å². The fourth-order valence-electron chi connectivity index (χ4n) is 1.13. The van der Waals surface area contributed by atoms with E-state index in [1.165, 1.54) is 0 Å². The first kappa shape index (κ1) is 8.74. The number of aliphatic hydroxyl groups excluding tert-OH is 1. The summed E-state index contributed by atoms with van der Waals surface area (Å²) >= 11 is 2.25. The molecule has 3 heteroatoms. The number of ether oxygens (including phenoxy) is 1. The van der Waals surface area contributed by atoms with Gasteiger partial charge in [-0.25, -0.2) is 0 Å². The number of hydrogen-bond donors (Lipinski definition) is 1. The van der Waals surface area contributed by atoms with Gasteiger partial charge in [0.1, 0.15) is 0 Å². The Kier molecular flexibility index (Phi) is 2.58. The van der Waals surface area contributed by atoms with Crippen molar-refractivity contribution in [1.82, 2.24) is 0 Å². The van der Waals surface area contributed by atoms with Crippen LogP contribution in [0.4, 0.5) is 0 Å². The number of rotatable bonds is 0. The van der Waals surface area contributed by atoms with Crippen LogP contribution in [0, 0.1) is 0 Å². The lowest BCUT2D eigenvalue weighted by Gasteiger charge is -2.38. The van der Waals surface area contributed by atoms with Gasteiger partial charge >= 0.3 is 0 Å². The topological polar surface area (TPSA) is 29.5 Å². The van der Waals surface area contributed by atoms with Gasteiger partial charge in [-0.1, -0.05) is 22.6 Å². The highest BCUT2D eigenvalue weighted by atomic mass is 127. The smallest absolute Gasteiger partial charge is 0.0768 e. The third-order valence-corrected chi connectivity index (χ3v) is 4.22. The Labute approximate surface area is 75.1 Å². The molecular formula is C7H13IO2. The minimum Gasteiger partial charge on any atom is -0.392 e. The molecule has 0 aliphatic carbocycles. The highest BCUT2D eigenvalue weighted by Crippen LogP contribution is 2.30. The van der Waals surface area contributed by atoms with Crippen molar-refractivity contribution in [1.29, 1.82) is 0 Å². The van der Waals surface area contributed by atoms with Crippen LogP contribution in [0.1, 0.15) is 20.3 Å². The molecule has 1 saturated heterocycles. The molecule has 2 atom stereocenters. The summed E-state index contributed by atoms with van der Waals surface area (Å²) in [4.78, 5) is 0. The summed E-state index contributed by atoms with van der Waals surface area (Å²) in [5.74, 6) is 0. The van der Waals surface area contributed by atoms with E-state index in [2.05, 4.69) is 22.6 Å². The van der Waals surface area contributed by atoms with E-state index in [4.69, 9.17) is 4.74 Å². The molecule has 1 fully saturated rings. The fourth-order valence-corrected chi connectivity index (χ4v) is 1.67. The normalized spacial score (nSPS) is 39.6. The fraction of sp³-hybridized carbons (Fsp3) is 1.00. The van der Waals surface area contributed by atoms with Crippen molar-refractivity contribution in [2.75, 3.05) is 6.61 Å². The Hall–Kier alpha value is 0.650. The summed E-state index contributed by atoms with van der Waals surface area (Å²) in [6.45, 7) is 4.73. The van der Waals surface area contributed by atoms with Crippen molar-refractivity contribution in [3.8, 4) is 0 Å². The molecule has 60 valence electrons. The maximum Gasteiger partial charge on any atom is 0.0768 e. The van der Waals surface area contributed by atoms with Gasteiger partial charge in [0.25, 0.3) is 0 Å². The van der Waals surface area contributed by atoms with Crippen LogP contribution in [0.15, 0.2) is 0 Å². The molecule has 1 N–H and O–H groups in total. The van der Waals surface area contributed by atoms with E-state index in [0.717, 1.165) is 6.42 Å². The van der Waals surface area contributed by atoms with Crippen LogP contribution in [-0.2, 0) is 4.74 Å². The summed E-state index contributed by atoms with van der Waals surface area (Å²) in [6, 6.07) is 0. The minimum absolute atomic E-state index is 0.155. The molecule has 0 aromatic rings. The quantitative estimate of drug-likeness (QED) is 0.523. The molecule has 1 heterocycles. The van der Waals surface area contributed by atoms with Gasteiger partial charge in [0.15, 0.2) is 0 Å². The Balaban J connectivity index is 2.60. The van der Waals surface area contributed by atoms with Gasteiger partial charge in [0.2, 0.25) is 0 Å². The molecule has 0 saturated carbocycles. The monoisotopic (exact) mass is 256 g/mol. The first-order valence-corrected chi connectivity index (χ1v) is 4.75. The summed E-state index contributed by atoms with van der Waals surface area (Å²) in [5.41, 5.74) is -0.155. The molecule has 1 aliphatic rings. The lowest BCUT2D eigenvalue weighted by molar-refractivity contribution is -0.0849. The van der Waals surface area contributed by atoms with Gasteiger partial charge in [-0.3, -0.25) is 0 Å². The molecule has 10 heavy (non-hydrogen) atoms. The van der Waals surface area contributed by atoms with E-state index in [0.29, 0.717) is 6.61 Å². The Morgan fingerprint density at radius 3 is 2.60 bits per heavy atom. The first-order chi connectivity index (χ1) is 4.54. The van der Waals surface area contributed by atoms with E-state index in [-0.39, 0.29) is 15.6 Å². The standard InChI is InChI=1S/C7H13IO2/c1-7(2)6(8)5(9)3-4-10-7/h5-6,9H,3-4H2,1-2H3/t5?,6-/m1/s1. The number of halogens is 1. The van der Waals surface area contributed by atoms with Gasteiger partial charge < -0.3 is 9.84 Å². The van der Waals surface area contributed by atoms with Crippen molar-refractivity contribution in [3.05, 3.63) is 0 Å². The summed E-state index contributed by atoms with van der Waals surface area (Å²) in [6.07, 6.45) is 0.584. The maximum absolute atomic E-state index is 9.43. The average molecular weight is 256 g/mol. The van der Waals surface area contributed by atoms with Crippen molar-refractivity contribution >= 4 is 22.6 Å². The van der Waals surface area contributed by atoms with Crippen molar-refractivity contribution in [2.24, 2.45) is 0 Å². The van der Waals surface area contributed by atoms with E-state index in [1.807, 2.05) is 13.8 Å². The molecule has 0 bridgehead atoms. The lowest BCUT2D eigenvalue weighted by atomic mass is 9.96. The Morgan fingerprint density at radius 1 is 1.60 bits per heavy atom. The molecule has 0 amide bonds. The summed E-state index contributed by atoms with van der Waals surface area (Å²) < 4.78 is 5.70. The number of aliphatic hydroxyl groups is 1. The molecule has 0 radical (unpaired) electrons. The van der Waals surface area contributed by atoms with E-state index >= 15 is 0 Å². The van der Waals surface area contributed by atoms with Gasteiger partial charge in [-0.05, 0) is 20.3 Å². The zero-order valence-electron chi connectivity index (χ0n) is 6.30. The van der Waals surface area contributed by atoms with Gasteiger partial charge in [-0.15, -0.1) is 0 Å². The Morgan fingerprint density at radius 2 is 2.20 bits per heavy atom. The Bertz CT molecular complexity index is 125. The molecule has 1 aliphatic heterocycles. The zero-order valence-corrected chi connectivity index (χ0v) is 8.46. The van der Waals surface area contributed by atoms with Crippen molar-refractivity contribution < 1.29 is 9.84 Å². The third-order valence-electron chi connectivity index (χ3n) is 1.89. The molecule has 0 spiro atoms. The second-order valence-electron chi connectivity index (χ2n) is 3.21. The van der Waals surface area contributed by atoms with Crippen LogP contribution in [0.2, 0.25) is 0 Å². The SMILES string of the molecule is CC1(C)OCCC(O)[C@H]1I. The van der Waals surface area contributed by atoms with Crippen LogP contribution in [-0.4, -0.2) is 27.3 Å². The summed E-state index contributed by atoms with van der Waals surface area (Å²) in [7, 11) is 0. The molecule has 2 nitrogen and oxygen atoms in total. The van der Waals surface area contributed by atoms with E-state index in [9.17, 15) is 5.11 Å². The average Bonchev–Trinajstić information content (AvgIpc) is 1.83. The highest BCUT2D eigenvalue weighted by Gasteiger charge is 2.37. The number of hydrogen-bond acceptors (Lipinski definition) is 2. The molecular weight excluding hydrogens is 243 g/mol. The van der Waals surface area contributed by atoms with Gasteiger partial charge in [0, 0.05) is 6.61 Å². The van der Waals surface area contributed by atoms with Crippen LogP contribution in [0.25, 0.3) is 0 Å². The second-order valence-corrected chi connectivity index (χ2v) is 4.55. The predicted octanol–water partition coefficient (Wildman–Crippen LogP) is 1.35. The van der Waals surface area contributed by atoms with Crippen LogP contribution in [0.3, 0.4) is 0 Å². The van der Waals surface area contributed by atoms with Crippen molar-refractivity contribution in [2.45, 2.75) is 35.9 Å². The van der Waals surface area contributed by atoms with Crippen LogP contribution >= 0.6 is 22.6 Å². The van der Waals surface area contributed by atoms with Crippen LogP contribution in [0.5, 0.6) is 0 Å². The molecule has 1 unspecified atom stereocenters. The molecule has 1 rings (SSSR count). The second kappa shape index (κ2) is 2.95. The lowest BCUT2D eigenvalue weighted by Crippen LogP contribution is -2.47. The maximum atomic E-state index is 9.43. The molecule has 0 aromatic heterocycles. The summed E-state index contributed by atoms with van der Waals surface area (Å²) in [5, 5.41) is 9.43. The first-order valence-electron chi connectivity index (χ1n) is 3.50. The number of alkyl halides is 1. The highest BCUT2D eigenvalue weighted by molar-refractivity contribution is 14.1. The zero-order chi connectivity index (χ0) is 7.78.